The van der Waals surface area contributed by atoms with Gasteiger partial charge in [-0.15, -0.1) is 0 Å². The van der Waals surface area contributed by atoms with Crippen molar-refractivity contribution in [1.29, 1.82) is 0 Å². The van der Waals surface area contributed by atoms with E-state index in [2.05, 4.69) is 5.32 Å². The van der Waals surface area contributed by atoms with Gasteiger partial charge in [0, 0.05) is 19.9 Å². The first-order chi connectivity index (χ1) is 13.1. The molecule has 144 valence electrons. The molecule has 0 bridgehead atoms. The Labute approximate surface area is 159 Å². The number of esters is 1. The first-order valence-electron chi connectivity index (χ1n) is 9.53. The number of rotatable bonds is 2. The lowest BCUT2D eigenvalue weighted by molar-refractivity contribution is -0.156. The second kappa shape index (κ2) is 8.84. The third-order valence-electron chi connectivity index (χ3n) is 5.05. The van der Waals surface area contributed by atoms with Gasteiger partial charge in [-0.2, -0.15) is 0 Å². The number of amides is 2. The highest BCUT2D eigenvalue weighted by Crippen LogP contribution is 2.33. The number of cyclic esters (lactones) is 1. The van der Waals surface area contributed by atoms with E-state index < -0.39 is 12.1 Å². The smallest absolute Gasteiger partial charge is 0.306 e. The Morgan fingerprint density at radius 2 is 1.96 bits per heavy atom. The van der Waals surface area contributed by atoms with Crippen molar-refractivity contribution in [2.24, 2.45) is 0 Å². The Balaban J connectivity index is 1.94. The highest BCUT2D eigenvalue weighted by atomic mass is 16.5. The summed E-state index contributed by atoms with van der Waals surface area (Å²) in [7, 11) is 0. The van der Waals surface area contributed by atoms with Gasteiger partial charge in [0.25, 0.3) is 0 Å². The SMILES string of the molecule is CC(=O)N[C@@H]1C/C=C/CCC(=O)OC(c2ccccc2)[C@@H]2CCCN2C1=O. The molecular formula is C21H26N2O4. The largest absolute Gasteiger partial charge is 0.455 e. The molecule has 6 nitrogen and oxygen atoms in total. The maximum absolute atomic E-state index is 13.2. The first kappa shape index (κ1) is 19.1. The van der Waals surface area contributed by atoms with Crippen molar-refractivity contribution >= 4 is 17.8 Å². The van der Waals surface area contributed by atoms with Crippen molar-refractivity contribution in [2.75, 3.05) is 6.54 Å². The van der Waals surface area contributed by atoms with E-state index in [0.717, 1.165) is 18.4 Å². The molecule has 0 radical (unpaired) electrons. The molecule has 2 aliphatic rings. The van der Waals surface area contributed by atoms with Gasteiger partial charge in [-0.3, -0.25) is 14.4 Å². The molecule has 3 rings (SSSR count). The van der Waals surface area contributed by atoms with Gasteiger partial charge in [0.2, 0.25) is 11.8 Å². The molecule has 6 heteroatoms. The number of nitrogens with one attached hydrogen (secondary N) is 1. The predicted octanol–water partition coefficient (Wildman–Crippen LogP) is 2.51. The molecule has 1 N–H and O–H groups in total. The molecule has 27 heavy (non-hydrogen) atoms. The number of nitrogens with zero attached hydrogens (tertiary/aromatic N) is 1. The van der Waals surface area contributed by atoms with Crippen LogP contribution < -0.4 is 5.32 Å². The monoisotopic (exact) mass is 370 g/mol. The fourth-order valence-electron chi connectivity index (χ4n) is 3.81. The minimum Gasteiger partial charge on any atom is -0.455 e. The van der Waals surface area contributed by atoms with E-state index in [4.69, 9.17) is 4.74 Å². The van der Waals surface area contributed by atoms with Gasteiger partial charge in [-0.1, -0.05) is 42.5 Å². The van der Waals surface area contributed by atoms with Crippen molar-refractivity contribution in [3.63, 3.8) is 0 Å². The summed E-state index contributed by atoms with van der Waals surface area (Å²) in [6.07, 6.45) is 6.11. The van der Waals surface area contributed by atoms with Crippen molar-refractivity contribution < 1.29 is 19.1 Å². The predicted molar refractivity (Wildman–Crippen MR) is 101 cm³/mol. The lowest BCUT2D eigenvalue weighted by atomic mass is 9.99. The minimum atomic E-state index is -0.592. The molecule has 2 aliphatic heterocycles. The third kappa shape index (κ3) is 4.76. The average Bonchev–Trinajstić information content (AvgIpc) is 3.13. The molecule has 1 unspecified atom stereocenters. The molecule has 1 aromatic carbocycles. The van der Waals surface area contributed by atoms with Crippen LogP contribution >= 0.6 is 0 Å². The number of fused-ring (bicyclic) bond motifs is 1. The van der Waals surface area contributed by atoms with E-state index >= 15 is 0 Å². The fourth-order valence-corrected chi connectivity index (χ4v) is 3.81. The maximum Gasteiger partial charge on any atom is 0.306 e. The summed E-state index contributed by atoms with van der Waals surface area (Å²) in [4.78, 5) is 38.9. The molecule has 2 heterocycles. The maximum atomic E-state index is 13.2. The second-order valence-electron chi connectivity index (χ2n) is 7.06. The van der Waals surface area contributed by atoms with E-state index in [1.54, 1.807) is 4.90 Å². The van der Waals surface area contributed by atoms with Crippen LogP contribution in [-0.2, 0) is 19.1 Å². The van der Waals surface area contributed by atoms with Crippen molar-refractivity contribution in [1.82, 2.24) is 10.2 Å². The lowest BCUT2D eigenvalue weighted by Gasteiger charge is -2.34. The fraction of sp³-hybridized carbons (Fsp3) is 0.476. The lowest BCUT2D eigenvalue weighted by Crippen LogP contribution is -2.51. The van der Waals surface area contributed by atoms with Crippen LogP contribution in [0.25, 0.3) is 0 Å². The molecular weight excluding hydrogens is 344 g/mol. The molecule has 1 saturated heterocycles. The van der Waals surface area contributed by atoms with Gasteiger partial charge in [-0.05, 0) is 31.2 Å². The summed E-state index contributed by atoms with van der Waals surface area (Å²) in [5.74, 6) is -0.600. The Bertz CT molecular complexity index is 716. The van der Waals surface area contributed by atoms with Crippen LogP contribution in [0.15, 0.2) is 42.5 Å². The summed E-state index contributed by atoms with van der Waals surface area (Å²) in [6.45, 7) is 2.02. The summed E-state index contributed by atoms with van der Waals surface area (Å²) in [5, 5.41) is 2.77. The first-order valence-corrected chi connectivity index (χ1v) is 9.53. The number of allylic oxidation sites excluding steroid dienone is 1. The summed E-state index contributed by atoms with van der Waals surface area (Å²) in [6, 6.07) is 8.77. The zero-order valence-corrected chi connectivity index (χ0v) is 15.6. The molecule has 1 fully saturated rings. The summed E-state index contributed by atoms with van der Waals surface area (Å²) in [5.41, 5.74) is 0.888. The highest BCUT2D eigenvalue weighted by Gasteiger charge is 2.40. The Morgan fingerprint density at radius 3 is 2.70 bits per heavy atom. The minimum absolute atomic E-state index is 0.116. The van der Waals surface area contributed by atoms with Gasteiger partial charge in [0.15, 0.2) is 0 Å². The standard InChI is InChI=1S/C21H26N2O4/c1-15(24)22-17-11-6-3-7-13-19(25)27-20(16-9-4-2-5-10-16)18-12-8-14-23(18)21(17)26/h2-6,9-10,17-18,20H,7-8,11-14H2,1H3,(H,22,24)/b6-3+/t17-,18+,20?/m1/s1. The van der Waals surface area contributed by atoms with E-state index in [0.29, 0.717) is 25.8 Å². The second-order valence-corrected chi connectivity index (χ2v) is 7.06. The van der Waals surface area contributed by atoms with Crippen LogP contribution in [0.4, 0.5) is 0 Å². The Hall–Kier alpha value is -2.63. The quantitative estimate of drug-likeness (QED) is 0.641. The Kier molecular flexibility index (Phi) is 6.27. The topological polar surface area (TPSA) is 75.7 Å². The third-order valence-corrected chi connectivity index (χ3v) is 5.05. The average molecular weight is 370 g/mol. The number of carbonyl (C=O) groups excluding carboxylic acids is 3. The van der Waals surface area contributed by atoms with Crippen LogP contribution in [-0.4, -0.2) is 41.3 Å². The van der Waals surface area contributed by atoms with E-state index in [9.17, 15) is 14.4 Å². The summed E-state index contributed by atoms with van der Waals surface area (Å²) >= 11 is 0. The number of hydrogen-bond donors (Lipinski definition) is 1. The van der Waals surface area contributed by atoms with Crippen LogP contribution in [0.2, 0.25) is 0 Å². The van der Waals surface area contributed by atoms with Crippen molar-refractivity contribution in [3.05, 3.63) is 48.0 Å². The number of ether oxygens (including phenoxy) is 1. The van der Waals surface area contributed by atoms with Gasteiger partial charge in [0.05, 0.1) is 6.04 Å². The van der Waals surface area contributed by atoms with Gasteiger partial charge < -0.3 is 15.0 Å². The highest BCUT2D eigenvalue weighted by molar-refractivity contribution is 5.87. The number of benzene rings is 1. The zero-order valence-electron chi connectivity index (χ0n) is 15.6. The van der Waals surface area contributed by atoms with Gasteiger partial charge in [0.1, 0.15) is 12.1 Å². The van der Waals surface area contributed by atoms with Crippen molar-refractivity contribution in [2.45, 2.75) is 57.2 Å². The number of hydrogen-bond acceptors (Lipinski definition) is 4. The van der Waals surface area contributed by atoms with Crippen LogP contribution in [0, 0.1) is 0 Å². The summed E-state index contributed by atoms with van der Waals surface area (Å²) < 4.78 is 5.83. The Morgan fingerprint density at radius 1 is 1.19 bits per heavy atom. The van der Waals surface area contributed by atoms with E-state index in [1.165, 1.54) is 6.92 Å². The normalized spacial score (nSPS) is 27.7. The molecule has 0 spiro atoms. The van der Waals surface area contributed by atoms with Crippen LogP contribution in [0.5, 0.6) is 0 Å². The molecule has 0 aromatic heterocycles. The van der Waals surface area contributed by atoms with E-state index in [-0.39, 0.29) is 23.8 Å². The number of carbonyl (C=O) groups is 3. The molecule has 2 amide bonds. The van der Waals surface area contributed by atoms with Crippen molar-refractivity contribution in [3.8, 4) is 0 Å². The van der Waals surface area contributed by atoms with Crippen LogP contribution in [0.3, 0.4) is 0 Å². The van der Waals surface area contributed by atoms with Gasteiger partial charge >= 0.3 is 5.97 Å². The van der Waals surface area contributed by atoms with Crippen LogP contribution in [0.1, 0.15) is 50.7 Å². The zero-order chi connectivity index (χ0) is 19.2. The molecule has 1 aromatic rings. The molecule has 3 atom stereocenters. The molecule has 0 saturated carbocycles. The van der Waals surface area contributed by atoms with Gasteiger partial charge in [-0.25, -0.2) is 0 Å². The molecule has 0 aliphatic carbocycles. The van der Waals surface area contributed by atoms with E-state index in [1.807, 2.05) is 42.5 Å².